The fraction of sp³-hybridized carbons (Fsp3) is 0.133. The van der Waals surface area contributed by atoms with Crippen molar-refractivity contribution < 1.29 is 14.3 Å². The predicted molar refractivity (Wildman–Crippen MR) is 77.4 cm³/mol. The first-order chi connectivity index (χ1) is 9.63. The summed E-state index contributed by atoms with van der Waals surface area (Å²) in [6.45, 7) is -0.226. The maximum atomic E-state index is 13.6. The van der Waals surface area contributed by atoms with Crippen molar-refractivity contribution in [2.24, 2.45) is 0 Å². The van der Waals surface area contributed by atoms with Crippen LogP contribution in [0.3, 0.4) is 0 Å². The lowest BCUT2D eigenvalue weighted by molar-refractivity contribution is 0.0992. The number of benzene rings is 1. The van der Waals surface area contributed by atoms with Gasteiger partial charge in [-0.15, -0.1) is 11.3 Å². The van der Waals surface area contributed by atoms with Gasteiger partial charge in [-0.2, -0.15) is 0 Å². The van der Waals surface area contributed by atoms with Crippen LogP contribution in [0.25, 0.3) is 0 Å². The minimum atomic E-state index is -0.445. The summed E-state index contributed by atoms with van der Waals surface area (Å²) in [7, 11) is 1.53. The lowest BCUT2D eigenvalue weighted by Crippen LogP contribution is -2.26. The number of carbonyl (C=O) groups is 1. The molecule has 2 aromatic rings. The summed E-state index contributed by atoms with van der Waals surface area (Å²) in [6.07, 6.45) is 0. The number of nitrogens with zero attached hydrogens (tertiary/aromatic N) is 1. The molecule has 3 nitrogen and oxygen atoms in total. The fourth-order valence-electron chi connectivity index (χ4n) is 1.67. The Bertz CT molecular complexity index is 684. The number of amides is 1. The number of para-hydroxylation sites is 1. The molecule has 0 atom stereocenters. The number of aliphatic hydroxyl groups excluding tert-OH is 1. The molecule has 5 heteroatoms. The maximum Gasteiger partial charge on any atom is 0.258 e. The third kappa shape index (κ3) is 3.05. The molecule has 2 rings (SSSR count). The summed E-state index contributed by atoms with van der Waals surface area (Å²) in [6, 6.07) is 7.74. The highest BCUT2D eigenvalue weighted by Gasteiger charge is 2.17. The van der Waals surface area contributed by atoms with Gasteiger partial charge in [-0.05, 0) is 18.2 Å². The lowest BCUT2D eigenvalue weighted by Gasteiger charge is -2.17. The van der Waals surface area contributed by atoms with Crippen molar-refractivity contribution in [2.45, 2.75) is 0 Å². The molecule has 0 fully saturated rings. The van der Waals surface area contributed by atoms with E-state index in [2.05, 4.69) is 11.8 Å². The minimum Gasteiger partial charge on any atom is -0.384 e. The lowest BCUT2D eigenvalue weighted by atomic mass is 10.2. The van der Waals surface area contributed by atoms with E-state index in [-0.39, 0.29) is 18.2 Å². The average Bonchev–Trinajstić information content (AvgIpc) is 2.93. The first-order valence-corrected chi connectivity index (χ1v) is 6.72. The molecular formula is C15H12FNO2S. The van der Waals surface area contributed by atoms with Crippen molar-refractivity contribution in [3.63, 3.8) is 0 Å². The van der Waals surface area contributed by atoms with Gasteiger partial charge < -0.3 is 10.0 Å². The summed E-state index contributed by atoms with van der Waals surface area (Å²) >= 11 is 1.31. The molecule has 0 aliphatic heterocycles. The second kappa shape index (κ2) is 6.33. The summed E-state index contributed by atoms with van der Waals surface area (Å²) in [4.78, 5) is 14.2. The molecule has 0 saturated heterocycles. The van der Waals surface area contributed by atoms with E-state index in [9.17, 15) is 9.18 Å². The van der Waals surface area contributed by atoms with Gasteiger partial charge in [0, 0.05) is 12.4 Å². The topological polar surface area (TPSA) is 40.5 Å². The van der Waals surface area contributed by atoms with Crippen LogP contribution in [0.4, 0.5) is 10.1 Å². The van der Waals surface area contributed by atoms with Gasteiger partial charge in [0.15, 0.2) is 0 Å². The second-order valence-electron chi connectivity index (χ2n) is 3.98. The van der Waals surface area contributed by atoms with Crippen molar-refractivity contribution in [1.29, 1.82) is 0 Å². The normalized spacial score (nSPS) is 9.75. The SMILES string of the molecule is CN(C(=O)c1csc(C#CCO)c1)c1ccccc1F. The Morgan fingerprint density at radius 1 is 1.45 bits per heavy atom. The molecule has 102 valence electrons. The van der Waals surface area contributed by atoms with Crippen LogP contribution < -0.4 is 4.90 Å². The Labute approximate surface area is 120 Å². The number of hydrogen-bond acceptors (Lipinski definition) is 3. The zero-order valence-electron chi connectivity index (χ0n) is 10.8. The van der Waals surface area contributed by atoms with Crippen molar-refractivity contribution in [3.8, 4) is 11.8 Å². The standard InChI is InChI=1S/C15H12FNO2S/c1-17(14-7-3-2-6-13(14)16)15(19)11-9-12(20-10-11)5-4-8-18/h2-3,6-7,9-10,18H,8H2,1H3. The van der Waals surface area contributed by atoms with Crippen LogP contribution in [0.2, 0.25) is 0 Å². The largest absolute Gasteiger partial charge is 0.384 e. The van der Waals surface area contributed by atoms with E-state index in [1.54, 1.807) is 29.6 Å². The van der Waals surface area contributed by atoms with E-state index in [0.717, 1.165) is 0 Å². The van der Waals surface area contributed by atoms with Gasteiger partial charge >= 0.3 is 0 Å². The van der Waals surface area contributed by atoms with Crippen molar-refractivity contribution in [3.05, 3.63) is 52.0 Å². The molecule has 0 spiro atoms. The van der Waals surface area contributed by atoms with Gasteiger partial charge in [-0.1, -0.05) is 24.0 Å². The van der Waals surface area contributed by atoms with Crippen molar-refractivity contribution in [2.75, 3.05) is 18.6 Å². The van der Waals surface area contributed by atoms with Crippen molar-refractivity contribution >= 4 is 22.9 Å². The van der Waals surface area contributed by atoms with Crippen LogP contribution in [0.5, 0.6) is 0 Å². The molecule has 0 aliphatic rings. The van der Waals surface area contributed by atoms with E-state index in [1.165, 1.54) is 29.4 Å². The van der Waals surface area contributed by atoms with Crippen LogP contribution in [0.15, 0.2) is 35.7 Å². The number of halogens is 1. The summed E-state index contributed by atoms with van der Waals surface area (Å²) in [5.74, 6) is 4.50. The zero-order chi connectivity index (χ0) is 14.5. The van der Waals surface area contributed by atoms with E-state index >= 15 is 0 Å². The van der Waals surface area contributed by atoms with Crippen LogP contribution in [0.1, 0.15) is 15.2 Å². The minimum absolute atomic E-state index is 0.226. The average molecular weight is 289 g/mol. The molecule has 0 radical (unpaired) electrons. The van der Waals surface area contributed by atoms with Gasteiger partial charge in [0.25, 0.3) is 5.91 Å². The third-order valence-corrected chi connectivity index (χ3v) is 3.50. The fourth-order valence-corrected chi connectivity index (χ4v) is 2.42. The van der Waals surface area contributed by atoms with E-state index in [4.69, 9.17) is 5.11 Å². The van der Waals surface area contributed by atoms with Crippen molar-refractivity contribution in [1.82, 2.24) is 0 Å². The summed E-state index contributed by atoms with van der Waals surface area (Å²) < 4.78 is 13.6. The van der Waals surface area contributed by atoms with Gasteiger partial charge in [0.05, 0.1) is 16.1 Å². The number of carbonyl (C=O) groups excluding carboxylic acids is 1. The Morgan fingerprint density at radius 2 is 2.20 bits per heavy atom. The van der Waals surface area contributed by atoms with E-state index < -0.39 is 5.82 Å². The first kappa shape index (κ1) is 14.3. The molecular weight excluding hydrogens is 277 g/mol. The summed E-state index contributed by atoms with van der Waals surface area (Å²) in [5.41, 5.74) is 0.676. The predicted octanol–water partition coefficient (Wildman–Crippen LogP) is 2.51. The van der Waals surface area contributed by atoms with Crippen LogP contribution in [0, 0.1) is 17.7 Å². The Kier molecular flexibility index (Phi) is 4.51. The molecule has 1 aromatic carbocycles. The number of anilines is 1. The monoisotopic (exact) mass is 289 g/mol. The maximum absolute atomic E-state index is 13.6. The molecule has 20 heavy (non-hydrogen) atoms. The molecule has 0 aliphatic carbocycles. The molecule has 1 N–H and O–H groups in total. The number of rotatable bonds is 2. The van der Waals surface area contributed by atoms with Gasteiger partial charge in [-0.25, -0.2) is 4.39 Å². The van der Waals surface area contributed by atoms with Gasteiger partial charge in [-0.3, -0.25) is 4.79 Å². The highest BCUT2D eigenvalue weighted by atomic mass is 32.1. The highest BCUT2D eigenvalue weighted by Crippen LogP contribution is 2.21. The highest BCUT2D eigenvalue weighted by molar-refractivity contribution is 7.10. The number of thiophene rings is 1. The molecule has 0 saturated carbocycles. The number of aliphatic hydroxyl groups is 1. The Morgan fingerprint density at radius 3 is 2.90 bits per heavy atom. The number of hydrogen-bond donors (Lipinski definition) is 1. The molecule has 1 aromatic heterocycles. The quantitative estimate of drug-likeness (QED) is 0.863. The summed E-state index contributed by atoms with van der Waals surface area (Å²) in [5, 5.41) is 10.3. The molecule has 0 bridgehead atoms. The van der Waals surface area contributed by atoms with E-state index in [1.807, 2.05) is 0 Å². The van der Waals surface area contributed by atoms with Crippen LogP contribution in [-0.2, 0) is 0 Å². The smallest absolute Gasteiger partial charge is 0.258 e. The Hall–Kier alpha value is -2.16. The zero-order valence-corrected chi connectivity index (χ0v) is 11.6. The molecule has 1 heterocycles. The first-order valence-electron chi connectivity index (χ1n) is 5.84. The third-order valence-electron chi connectivity index (χ3n) is 2.66. The van der Waals surface area contributed by atoms with Crippen LogP contribution >= 0.6 is 11.3 Å². The van der Waals surface area contributed by atoms with Crippen LogP contribution in [-0.4, -0.2) is 24.7 Å². The van der Waals surface area contributed by atoms with E-state index in [0.29, 0.717) is 10.4 Å². The van der Waals surface area contributed by atoms with Gasteiger partial charge in [0.2, 0.25) is 0 Å². The molecule has 0 unspecified atom stereocenters. The second-order valence-corrected chi connectivity index (χ2v) is 4.89. The Balaban J connectivity index is 2.23. The molecule has 1 amide bonds. The van der Waals surface area contributed by atoms with Gasteiger partial charge in [0.1, 0.15) is 12.4 Å².